The fourth-order valence-corrected chi connectivity index (χ4v) is 5.26. The van der Waals surface area contributed by atoms with Gasteiger partial charge in [0.2, 0.25) is 5.91 Å². The molecule has 0 aliphatic carbocycles. The van der Waals surface area contributed by atoms with Crippen molar-refractivity contribution >= 4 is 5.91 Å². The van der Waals surface area contributed by atoms with Crippen LogP contribution >= 0.6 is 0 Å². The summed E-state index contributed by atoms with van der Waals surface area (Å²) in [5, 5.41) is 22.9. The van der Waals surface area contributed by atoms with Gasteiger partial charge in [-0.15, -0.1) is 0 Å². The number of hydrogen-bond donors (Lipinski definition) is 3. The molecular formula is C42H73NO3. The third-order valence-electron chi connectivity index (χ3n) is 8.20. The molecule has 0 aliphatic heterocycles. The van der Waals surface area contributed by atoms with Crippen LogP contribution in [0.2, 0.25) is 0 Å². The van der Waals surface area contributed by atoms with Crippen molar-refractivity contribution in [3.8, 4) is 0 Å². The molecule has 4 heteroatoms. The number of nitrogens with one attached hydrogen (secondary N) is 1. The van der Waals surface area contributed by atoms with Gasteiger partial charge < -0.3 is 15.5 Å². The lowest BCUT2D eigenvalue weighted by Gasteiger charge is -2.20. The second-order valence-corrected chi connectivity index (χ2v) is 12.6. The molecule has 3 N–H and O–H groups in total. The molecule has 0 aromatic rings. The van der Waals surface area contributed by atoms with Crippen molar-refractivity contribution in [2.45, 2.75) is 180 Å². The molecule has 0 aromatic heterocycles. The molecule has 0 rings (SSSR count). The van der Waals surface area contributed by atoms with E-state index in [1.165, 1.54) is 77.0 Å². The minimum absolute atomic E-state index is 0.0810. The van der Waals surface area contributed by atoms with Crippen molar-refractivity contribution in [2.24, 2.45) is 0 Å². The van der Waals surface area contributed by atoms with Gasteiger partial charge in [-0.25, -0.2) is 0 Å². The molecule has 2 unspecified atom stereocenters. The van der Waals surface area contributed by atoms with Crippen molar-refractivity contribution in [2.75, 3.05) is 6.61 Å². The van der Waals surface area contributed by atoms with Gasteiger partial charge in [0.1, 0.15) is 0 Å². The topological polar surface area (TPSA) is 69.6 Å². The zero-order chi connectivity index (χ0) is 33.6. The van der Waals surface area contributed by atoms with E-state index in [2.05, 4.69) is 79.9 Å². The molecule has 0 saturated heterocycles. The third-order valence-corrected chi connectivity index (χ3v) is 8.20. The number of unbranched alkanes of at least 4 members (excludes halogenated alkanes) is 16. The van der Waals surface area contributed by atoms with Crippen LogP contribution in [0.1, 0.15) is 168 Å². The zero-order valence-electron chi connectivity index (χ0n) is 30.1. The van der Waals surface area contributed by atoms with Crippen LogP contribution in [-0.2, 0) is 4.79 Å². The summed E-state index contributed by atoms with van der Waals surface area (Å²) in [6, 6.07) is -0.630. The maximum atomic E-state index is 12.3. The number of carbonyl (C=O) groups is 1. The molecule has 0 spiro atoms. The van der Waals surface area contributed by atoms with Gasteiger partial charge in [-0.3, -0.25) is 4.79 Å². The maximum absolute atomic E-state index is 12.3. The Morgan fingerprint density at radius 3 is 1.43 bits per heavy atom. The van der Waals surface area contributed by atoms with Gasteiger partial charge in [-0.2, -0.15) is 0 Å². The molecule has 0 bridgehead atoms. The Balaban J connectivity index is 3.66. The largest absolute Gasteiger partial charge is 0.394 e. The van der Waals surface area contributed by atoms with Gasteiger partial charge in [-0.05, 0) is 64.2 Å². The maximum Gasteiger partial charge on any atom is 0.220 e. The Morgan fingerprint density at radius 2 is 0.957 bits per heavy atom. The Morgan fingerprint density at radius 1 is 0.543 bits per heavy atom. The first-order valence-corrected chi connectivity index (χ1v) is 19.2. The van der Waals surface area contributed by atoms with Crippen molar-refractivity contribution < 1.29 is 15.0 Å². The van der Waals surface area contributed by atoms with Crippen LogP contribution in [0.5, 0.6) is 0 Å². The molecule has 0 fully saturated rings. The van der Waals surface area contributed by atoms with E-state index in [1.54, 1.807) is 6.08 Å². The first-order valence-electron chi connectivity index (χ1n) is 19.2. The fraction of sp³-hybridized carbons (Fsp3) is 0.690. The third kappa shape index (κ3) is 33.2. The summed E-state index contributed by atoms with van der Waals surface area (Å²) in [6.07, 6.45) is 52.7. The van der Waals surface area contributed by atoms with E-state index >= 15 is 0 Å². The molecule has 0 aliphatic rings. The van der Waals surface area contributed by atoms with Crippen LogP contribution in [0.25, 0.3) is 0 Å². The fourth-order valence-electron chi connectivity index (χ4n) is 5.26. The predicted molar refractivity (Wildman–Crippen MR) is 202 cm³/mol. The lowest BCUT2D eigenvalue weighted by molar-refractivity contribution is -0.123. The number of allylic oxidation sites excluding steroid dienone is 11. The first-order chi connectivity index (χ1) is 22.7. The number of aliphatic hydroxyl groups excluding tert-OH is 2. The SMILES string of the molecule is CC/C=C\C/C=C\C/C=C\C/C=C\C/C=C\CCCCCCCCCC(=O)NC(CO)C(O)/C=C/CCCCCCCCCCC. The van der Waals surface area contributed by atoms with Crippen molar-refractivity contribution in [1.82, 2.24) is 5.32 Å². The van der Waals surface area contributed by atoms with Gasteiger partial charge in [0.05, 0.1) is 18.8 Å². The summed E-state index contributed by atoms with van der Waals surface area (Å²) >= 11 is 0. The van der Waals surface area contributed by atoms with Gasteiger partial charge in [0.25, 0.3) is 0 Å². The van der Waals surface area contributed by atoms with Crippen LogP contribution < -0.4 is 5.32 Å². The van der Waals surface area contributed by atoms with Gasteiger partial charge in [-0.1, -0.05) is 170 Å². The highest BCUT2D eigenvalue weighted by atomic mass is 16.3. The van der Waals surface area contributed by atoms with E-state index in [4.69, 9.17) is 0 Å². The summed E-state index contributed by atoms with van der Waals surface area (Å²) in [5.41, 5.74) is 0. The summed E-state index contributed by atoms with van der Waals surface area (Å²) in [7, 11) is 0. The monoisotopic (exact) mass is 640 g/mol. The smallest absolute Gasteiger partial charge is 0.220 e. The minimum Gasteiger partial charge on any atom is -0.394 e. The van der Waals surface area contributed by atoms with Crippen LogP contribution in [0.4, 0.5) is 0 Å². The number of hydrogen-bond acceptors (Lipinski definition) is 3. The summed E-state index contributed by atoms with van der Waals surface area (Å²) in [4.78, 5) is 12.3. The normalized spacial score (nSPS) is 13.9. The molecule has 46 heavy (non-hydrogen) atoms. The van der Waals surface area contributed by atoms with Gasteiger partial charge >= 0.3 is 0 Å². The summed E-state index contributed by atoms with van der Waals surface area (Å²) < 4.78 is 0. The number of amides is 1. The average Bonchev–Trinajstić information content (AvgIpc) is 3.06. The Kier molecular flexibility index (Phi) is 35.5. The zero-order valence-corrected chi connectivity index (χ0v) is 30.1. The van der Waals surface area contributed by atoms with Crippen LogP contribution in [0, 0.1) is 0 Å². The molecule has 0 radical (unpaired) electrons. The quantitative estimate of drug-likeness (QED) is 0.0494. The van der Waals surface area contributed by atoms with Crippen LogP contribution in [0.15, 0.2) is 72.9 Å². The Bertz CT molecular complexity index is 823. The molecule has 264 valence electrons. The van der Waals surface area contributed by atoms with Crippen molar-refractivity contribution in [1.29, 1.82) is 0 Å². The lowest BCUT2D eigenvalue weighted by Crippen LogP contribution is -2.45. The number of carbonyl (C=O) groups excluding carboxylic acids is 1. The number of aliphatic hydroxyl groups is 2. The van der Waals surface area contributed by atoms with Crippen LogP contribution in [0.3, 0.4) is 0 Å². The predicted octanol–water partition coefficient (Wildman–Crippen LogP) is 11.6. The molecular weight excluding hydrogens is 566 g/mol. The van der Waals surface area contributed by atoms with Crippen molar-refractivity contribution in [3.05, 3.63) is 72.9 Å². The van der Waals surface area contributed by atoms with Crippen molar-refractivity contribution in [3.63, 3.8) is 0 Å². The van der Waals surface area contributed by atoms with E-state index in [0.29, 0.717) is 6.42 Å². The first kappa shape index (κ1) is 43.8. The highest BCUT2D eigenvalue weighted by Crippen LogP contribution is 2.12. The van der Waals surface area contributed by atoms with E-state index in [-0.39, 0.29) is 12.5 Å². The molecule has 0 heterocycles. The minimum atomic E-state index is -0.845. The summed E-state index contributed by atoms with van der Waals surface area (Å²) in [5.74, 6) is -0.0810. The number of rotatable bonds is 33. The van der Waals surface area contributed by atoms with Gasteiger partial charge in [0.15, 0.2) is 0 Å². The Labute approximate surface area is 285 Å². The second-order valence-electron chi connectivity index (χ2n) is 12.6. The van der Waals surface area contributed by atoms with Crippen LogP contribution in [-0.4, -0.2) is 34.9 Å². The summed E-state index contributed by atoms with van der Waals surface area (Å²) in [6.45, 7) is 4.16. The average molecular weight is 640 g/mol. The standard InChI is InChI=1S/C42H73NO3/c1-3-5-7-9-11-13-15-16-17-18-19-20-21-22-23-24-25-26-28-30-32-34-36-38-42(46)43-40(39-44)41(45)37-35-33-31-29-27-14-12-10-8-6-4-2/h5,7,11,13,16-17,19-20,22-23,35,37,40-41,44-45H,3-4,6,8-10,12,14-15,18,21,24-34,36,38-39H2,1-2H3,(H,43,46)/b7-5-,13-11-,17-16-,20-19-,23-22-,37-35+. The Hall–Kier alpha value is -2.17. The van der Waals surface area contributed by atoms with Gasteiger partial charge in [0, 0.05) is 6.42 Å². The molecule has 0 saturated carbocycles. The highest BCUT2D eigenvalue weighted by Gasteiger charge is 2.17. The van der Waals surface area contributed by atoms with E-state index in [9.17, 15) is 15.0 Å². The second kappa shape index (κ2) is 37.3. The molecule has 1 amide bonds. The lowest BCUT2D eigenvalue weighted by atomic mass is 10.1. The van der Waals surface area contributed by atoms with E-state index in [1.807, 2.05) is 6.08 Å². The molecule has 0 aromatic carbocycles. The molecule has 2 atom stereocenters. The highest BCUT2D eigenvalue weighted by molar-refractivity contribution is 5.76. The van der Waals surface area contributed by atoms with E-state index < -0.39 is 12.1 Å². The molecule has 4 nitrogen and oxygen atoms in total. The van der Waals surface area contributed by atoms with E-state index in [0.717, 1.165) is 70.6 Å².